The van der Waals surface area contributed by atoms with E-state index in [0.717, 1.165) is 12.1 Å². The molecule has 0 spiro atoms. The van der Waals surface area contributed by atoms with E-state index >= 15 is 0 Å². The molecule has 1 heterocycles. The zero-order valence-corrected chi connectivity index (χ0v) is 9.35. The van der Waals surface area contributed by atoms with E-state index in [2.05, 4.69) is 9.97 Å². The molecule has 96 valence electrons. The molecule has 1 aromatic carbocycles. The third-order valence-electron chi connectivity index (χ3n) is 2.37. The Balaban J connectivity index is 2.87. The molecule has 1 aromatic heterocycles. The summed E-state index contributed by atoms with van der Waals surface area (Å²) in [6.45, 7) is 0. The molecule has 0 saturated heterocycles. The molecule has 0 amide bonds. The van der Waals surface area contributed by atoms with Crippen LogP contribution in [-0.4, -0.2) is 15.1 Å². The second-order valence-electron chi connectivity index (χ2n) is 3.56. The molecule has 2 aromatic rings. The summed E-state index contributed by atoms with van der Waals surface area (Å²) < 4.78 is 27.5. The molecule has 5 N–H and O–H groups in total. The number of nitrogens with zero attached hydrogens (tertiary/aromatic N) is 3. The van der Waals surface area contributed by atoms with E-state index in [-0.39, 0.29) is 17.3 Å². The summed E-state index contributed by atoms with van der Waals surface area (Å²) in [6.07, 6.45) is 0. The molecule has 0 aliphatic heterocycles. The van der Waals surface area contributed by atoms with Gasteiger partial charge in [-0.05, 0) is 12.1 Å². The molecule has 0 radical (unpaired) electrons. The first kappa shape index (κ1) is 12.5. The van der Waals surface area contributed by atoms with Crippen LogP contribution in [0.3, 0.4) is 0 Å². The van der Waals surface area contributed by atoms with E-state index in [9.17, 15) is 13.9 Å². The van der Waals surface area contributed by atoms with Crippen molar-refractivity contribution in [2.75, 3.05) is 11.5 Å². The Morgan fingerprint density at radius 1 is 1.21 bits per heavy atom. The summed E-state index contributed by atoms with van der Waals surface area (Å²) >= 11 is 0. The molecular weight excluding hydrogens is 256 g/mol. The van der Waals surface area contributed by atoms with Crippen molar-refractivity contribution in [3.63, 3.8) is 0 Å². The van der Waals surface area contributed by atoms with Gasteiger partial charge >= 0.3 is 0 Å². The van der Waals surface area contributed by atoms with E-state index in [1.54, 1.807) is 6.07 Å². The van der Waals surface area contributed by atoms with Crippen LogP contribution in [0.25, 0.3) is 11.3 Å². The first-order chi connectivity index (χ1) is 8.95. The Bertz CT molecular complexity index is 711. The molecule has 0 bridgehead atoms. The Hall–Kier alpha value is -2.95. The molecule has 0 aliphatic rings. The number of hydrogen-bond acceptors (Lipinski definition) is 6. The number of hydrogen-bond donors (Lipinski definition) is 3. The van der Waals surface area contributed by atoms with Gasteiger partial charge < -0.3 is 16.6 Å². The lowest BCUT2D eigenvalue weighted by atomic mass is 10.1. The lowest BCUT2D eigenvalue weighted by Gasteiger charge is -2.09. The average Bonchev–Trinajstić information content (AvgIpc) is 2.34. The second kappa shape index (κ2) is 4.38. The Morgan fingerprint density at radius 2 is 1.89 bits per heavy atom. The van der Waals surface area contributed by atoms with Crippen molar-refractivity contribution in [3.05, 3.63) is 29.3 Å². The van der Waals surface area contributed by atoms with E-state index in [1.807, 2.05) is 0 Å². The molecular formula is C11H7F2N5O. The number of halogens is 2. The number of nitrogens with two attached hydrogens (primary N) is 2. The van der Waals surface area contributed by atoms with Crippen molar-refractivity contribution in [1.82, 2.24) is 9.97 Å². The van der Waals surface area contributed by atoms with E-state index in [1.165, 1.54) is 0 Å². The van der Waals surface area contributed by atoms with Crippen molar-refractivity contribution in [1.29, 1.82) is 5.26 Å². The molecule has 0 aliphatic carbocycles. The van der Waals surface area contributed by atoms with Gasteiger partial charge in [-0.15, -0.1) is 0 Å². The summed E-state index contributed by atoms with van der Waals surface area (Å²) in [5.41, 5.74) is 9.38. The van der Waals surface area contributed by atoms with Gasteiger partial charge in [-0.2, -0.15) is 10.2 Å². The van der Waals surface area contributed by atoms with Gasteiger partial charge in [0.15, 0.2) is 11.6 Å². The summed E-state index contributed by atoms with van der Waals surface area (Å²) in [7, 11) is 0. The van der Waals surface area contributed by atoms with E-state index < -0.39 is 28.6 Å². The van der Waals surface area contributed by atoms with Crippen LogP contribution in [0.5, 0.6) is 5.75 Å². The standard InChI is InChI=1S/C11H7F2N5O/c12-5-1-2-6(19)8(13)7(5)9-4(3-14)10(15)18-11(16)17-9/h1-2,19H,(H4,15,16,17,18). The number of benzene rings is 1. The van der Waals surface area contributed by atoms with Gasteiger partial charge in [0.05, 0.1) is 5.56 Å². The lowest BCUT2D eigenvalue weighted by Crippen LogP contribution is -2.06. The minimum Gasteiger partial charge on any atom is -0.505 e. The topological polar surface area (TPSA) is 122 Å². The third-order valence-corrected chi connectivity index (χ3v) is 2.37. The van der Waals surface area contributed by atoms with Crippen LogP contribution in [0, 0.1) is 23.0 Å². The molecule has 0 fully saturated rings. The number of nitrogen functional groups attached to an aromatic ring is 2. The first-order valence-electron chi connectivity index (χ1n) is 4.96. The zero-order chi connectivity index (χ0) is 14.2. The summed E-state index contributed by atoms with van der Waals surface area (Å²) in [6, 6.07) is 3.32. The number of aromatic hydroxyl groups is 1. The fraction of sp³-hybridized carbons (Fsp3) is 0. The molecule has 2 rings (SSSR count). The summed E-state index contributed by atoms with van der Waals surface area (Å²) in [4.78, 5) is 7.14. The zero-order valence-electron chi connectivity index (χ0n) is 9.35. The lowest BCUT2D eigenvalue weighted by molar-refractivity contribution is 0.429. The third kappa shape index (κ3) is 1.97. The smallest absolute Gasteiger partial charge is 0.222 e. The summed E-state index contributed by atoms with van der Waals surface area (Å²) in [5, 5.41) is 18.2. The first-order valence-corrected chi connectivity index (χ1v) is 4.96. The monoisotopic (exact) mass is 263 g/mol. The van der Waals surface area contributed by atoms with Crippen molar-refractivity contribution >= 4 is 11.8 Å². The van der Waals surface area contributed by atoms with Gasteiger partial charge in [0, 0.05) is 0 Å². The van der Waals surface area contributed by atoms with Crippen molar-refractivity contribution < 1.29 is 13.9 Å². The predicted molar refractivity (Wildman–Crippen MR) is 62.6 cm³/mol. The fourth-order valence-corrected chi connectivity index (χ4v) is 1.55. The van der Waals surface area contributed by atoms with Gasteiger partial charge in [-0.1, -0.05) is 0 Å². The predicted octanol–water partition coefficient (Wildman–Crippen LogP) is 1.16. The quantitative estimate of drug-likeness (QED) is 0.709. The Kier molecular flexibility index (Phi) is 2.88. The maximum absolute atomic E-state index is 13.8. The SMILES string of the molecule is N#Cc1c(N)nc(N)nc1-c1c(F)ccc(O)c1F. The van der Waals surface area contributed by atoms with Crippen LogP contribution in [0.2, 0.25) is 0 Å². The fourth-order valence-electron chi connectivity index (χ4n) is 1.55. The normalized spacial score (nSPS) is 10.2. The van der Waals surface area contributed by atoms with Crippen LogP contribution >= 0.6 is 0 Å². The number of nitriles is 1. The second-order valence-corrected chi connectivity index (χ2v) is 3.56. The highest BCUT2D eigenvalue weighted by Gasteiger charge is 2.22. The highest BCUT2D eigenvalue weighted by molar-refractivity contribution is 5.74. The molecule has 0 unspecified atom stereocenters. The Labute approximate surface area is 105 Å². The largest absolute Gasteiger partial charge is 0.505 e. The maximum Gasteiger partial charge on any atom is 0.222 e. The average molecular weight is 263 g/mol. The molecule has 19 heavy (non-hydrogen) atoms. The van der Waals surface area contributed by atoms with Crippen molar-refractivity contribution in [3.8, 4) is 23.1 Å². The Morgan fingerprint density at radius 3 is 2.53 bits per heavy atom. The highest BCUT2D eigenvalue weighted by atomic mass is 19.1. The van der Waals surface area contributed by atoms with Crippen LogP contribution in [0.1, 0.15) is 5.56 Å². The van der Waals surface area contributed by atoms with Crippen LogP contribution in [0.4, 0.5) is 20.5 Å². The highest BCUT2D eigenvalue weighted by Crippen LogP contribution is 2.33. The van der Waals surface area contributed by atoms with Gasteiger partial charge in [-0.25, -0.2) is 13.8 Å². The van der Waals surface area contributed by atoms with Gasteiger partial charge in [0.25, 0.3) is 0 Å². The number of aromatic nitrogens is 2. The number of rotatable bonds is 1. The van der Waals surface area contributed by atoms with Crippen molar-refractivity contribution in [2.45, 2.75) is 0 Å². The van der Waals surface area contributed by atoms with E-state index in [4.69, 9.17) is 16.7 Å². The van der Waals surface area contributed by atoms with E-state index in [0.29, 0.717) is 0 Å². The molecule has 6 nitrogen and oxygen atoms in total. The maximum atomic E-state index is 13.8. The van der Waals surface area contributed by atoms with Gasteiger partial charge in [0.2, 0.25) is 5.95 Å². The van der Waals surface area contributed by atoms with Crippen LogP contribution in [-0.2, 0) is 0 Å². The number of anilines is 2. The van der Waals surface area contributed by atoms with Crippen molar-refractivity contribution in [2.24, 2.45) is 0 Å². The van der Waals surface area contributed by atoms with Gasteiger partial charge in [0.1, 0.15) is 29.0 Å². The minimum absolute atomic E-state index is 0.299. The number of phenols is 1. The summed E-state index contributed by atoms with van der Waals surface area (Å²) in [5.74, 6) is -3.69. The van der Waals surface area contributed by atoms with Gasteiger partial charge in [-0.3, -0.25) is 0 Å². The van der Waals surface area contributed by atoms with Crippen LogP contribution < -0.4 is 11.5 Å². The van der Waals surface area contributed by atoms with Crippen LogP contribution in [0.15, 0.2) is 12.1 Å². The molecule has 0 atom stereocenters. The number of phenolic OH excluding ortho intramolecular Hbond substituents is 1. The molecule has 8 heteroatoms. The minimum atomic E-state index is -1.26. The molecule has 0 saturated carbocycles.